The number of rotatable bonds is 3. The van der Waals surface area contributed by atoms with Crippen LogP contribution in [0, 0.1) is 11.7 Å². The van der Waals surface area contributed by atoms with E-state index in [4.69, 9.17) is 0 Å². The maximum absolute atomic E-state index is 12.9. The smallest absolute Gasteiger partial charge is 0.165 e. The molecule has 0 aromatic heterocycles. The molecule has 1 fully saturated rings. The van der Waals surface area contributed by atoms with Crippen molar-refractivity contribution in [1.29, 1.82) is 0 Å². The van der Waals surface area contributed by atoms with Crippen LogP contribution in [0.5, 0.6) is 5.75 Å². The summed E-state index contributed by atoms with van der Waals surface area (Å²) < 4.78 is 12.9. The van der Waals surface area contributed by atoms with Crippen LogP contribution in [0.25, 0.3) is 0 Å². The van der Waals surface area contributed by atoms with Gasteiger partial charge in [-0.3, -0.25) is 0 Å². The molecule has 76 valence electrons. The van der Waals surface area contributed by atoms with Crippen molar-refractivity contribution in [3.05, 3.63) is 29.6 Å². The second kappa shape index (κ2) is 3.58. The first-order valence-electron chi connectivity index (χ1n) is 4.88. The molecule has 2 N–H and O–H groups in total. The largest absolute Gasteiger partial charge is 0.505 e. The lowest BCUT2D eigenvalue weighted by atomic mass is 10.2. The zero-order chi connectivity index (χ0) is 10.1. The highest BCUT2D eigenvalue weighted by Crippen LogP contribution is 2.30. The van der Waals surface area contributed by atoms with Crippen LogP contribution >= 0.6 is 0 Å². The Kier molecular flexibility index (Phi) is 2.42. The van der Waals surface area contributed by atoms with Crippen molar-refractivity contribution in [2.75, 3.05) is 0 Å². The SMILES string of the molecule is CC1CC1NCc1cccc(F)c1O. The summed E-state index contributed by atoms with van der Waals surface area (Å²) >= 11 is 0. The van der Waals surface area contributed by atoms with Gasteiger partial charge >= 0.3 is 0 Å². The Balaban J connectivity index is 1.98. The number of phenols is 1. The molecule has 2 atom stereocenters. The fraction of sp³-hybridized carbons (Fsp3) is 0.455. The van der Waals surface area contributed by atoms with Crippen LogP contribution in [0.4, 0.5) is 4.39 Å². The summed E-state index contributed by atoms with van der Waals surface area (Å²) in [5.74, 6) is -0.0628. The van der Waals surface area contributed by atoms with Crippen molar-refractivity contribution in [2.24, 2.45) is 5.92 Å². The number of hydrogen-bond donors (Lipinski definition) is 2. The molecule has 14 heavy (non-hydrogen) atoms. The predicted octanol–water partition coefficient (Wildman–Crippen LogP) is 2.03. The van der Waals surface area contributed by atoms with Crippen molar-refractivity contribution in [1.82, 2.24) is 5.32 Å². The zero-order valence-corrected chi connectivity index (χ0v) is 8.13. The Bertz CT molecular complexity index is 340. The molecule has 0 aliphatic heterocycles. The van der Waals surface area contributed by atoms with Gasteiger partial charge in [0, 0.05) is 18.2 Å². The Morgan fingerprint density at radius 1 is 1.57 bits per heavy atom. The second-order valence-corrected chi connectivity index (χ2v) is 3.95. The third-order valence-electron chi connectivity index (χ3n) is 2.73. The highest BCUT2D eigenvalue weighted by atomic mass is 19.1. The summed E-state index contributed by atoms with van der Waals surface area (Å²) in [4.78, 5) is 0. The minimum atomic E-state index is -0.548. The van der Waals surface area contributed by atoms with Crippen LogP contribution in [-0.2, 0) is 6.54 Å². The molecular weight excluding hydrogens is 181 g/mol. The van der Waals surface area contributed by atoms with Gasteiger partial charge in [-0.05, 0) is 18.4 Å². The van der Waals surface area contributed by atoms with Crippen LogP contribution in [0.2, 0.25) is 0 Å². The first-order chi connectivity index (χ1) is 6.68. The van der Waals surface area contributed by atoms with Gasteiger partial charge in [-0.25, -0.2) is 4.39 Å². The van der Waals surface area contributed by atoms with E-state index in [1.807, 2.05) is 0 Å². The average molecular weight is 195 g/mol. The lowest BCUT2D eigenvalue weighted by Gasteiger charge is -2.06. The van der Waals surface area contributed by atoms with Crippen molar-refractivity contribution in [2.45, 2.75) is 25.9 Å². The third kappa shape index (κ3) is 1.87. The highest BCUT2D eigenvalue weighted by Gasteiger charge is 2.31. The molecule has 1 aromatic rings. The molecule has 3 heteroatoms. The molecular formula is C11H14FNO. The Morgan fingerprint density at radius 3 is 2.93 bits per heavy atom. The third-order valence-corrected chi connectivity index (χ3v) is 2.73. The van der Waals surface area contributed by atoms with Crippen LogP contribution in [0.15, 0.2) is 18.2 Å². The van der Waals surface area contributed by atoms with Crippen LogP contribution in [0.1, 0.15) is 18.9 Å². The summed E-state index contributed by atoms with van der Waals surface area (Å²) in [5, 5.41) is 12.6. The van der Waals surface area contributed by atoms with Crippen molar-refractivity contribution in [3.8, 4) is 5.75 Å². The predicted molar refractivity (Wildman–Crippen MR) is 52.5 cm³/mol. The molecule has 0 saturated heterocycles. The quantitative estimate of drug-likeness (QED) is 0.773. The van der Waals surface area contributed by atoms with Gasteiger partial charge in [-0.2, -0.15) is 0 Å². The summed E-state index contributed by atoms with van der Waals surface area (Å²) in [6, 6.07) is 5.15. The molecule has 0 spiro atoms. The van der Waals surface area contributed by atoms with E-state index < -0.39 is 5.82 Å². The van der Waals surface area contributed by atoms with E-state index in [0.717, 1.165) is 0 Å². The number of phenolic OH excluding ortho intramolecular Hbond substituents is 1. The van der Waals surface area contributed by atoms with Crippen molar-refractivity contribution >= 4 is 0 Å². The van der Waals surface area contributed by atoms with E-state index >= 15 is 0 Å². The Labute approximate surface area is 82.8 Å². The number of halogens is 1. The van der Waals surface area contributed by atoms with Crippen molar-refractivity contribution in [3.63, 3.8) is 0 Å². The molecule has 1 saturated carbocycles. The van der Waals surface area contributed by atoms with E-state index in [2.05, 4.69) is 12.2 Å². The normalized spacial score (nSPS) is 25.0. The maximum Gasteiger partial charge on any atom is 0.165 e. The number of nitrogens with one attached hydrogen (secondary N) is 1. The van der Waals surface area contributed by atoms with Gasteiger partial charge in [0.15, 0.2) is 11.6 Å². The molecule has 1 aliphatic carbocycles. The average Bonchev–Trinajstić information content (AvgIpc) is 2.85. The standard InChI is InChI=1S/C11H14FNO/c1-7-5-10(7)13-6-8-3-2-4-9(12)11(8)14/h2-4,7,10,13-14H,5-6H2,1H3. The minimum absolute atomic E-state index is 0.228. The molecule has 2 rings (SSSR count). The number of para-hydroxylation sites is 1. The number of benzene rings is 1. The van der Waals surface area contributed by atoms with Crippen LogP contribution in [-0.4, -0.2) is 11.1 Å². The van der Waals surface area contributed by atoms with Gasteiger partial charge in [0.25, 0.3) is 0 Å². The van der Waals surface area contributed by atoms with Crippen LogP contribution in [0.3, 0.4) is 0 Å². The van der Waals surface area contributed by atoms with Crippen molar-refractivity contribution < 1.29 is 9.50 Å². The van der Waals surface area contributed by atoms with E-state index in [1.165, 1.54) is 12.5 Å². The lowest BCUT2D eigenvalue weighted by molar-refractivity contribution is 0.422. The maximum atomic E-state index is 12.9. The summed E-state index contributed by atoms with van der Waals surface area (Å²) in [6.45, 7) is 2.71. The van der Waals surface area contributed by atoms with E-state index in [1.54, 1.807) is 12.1 Å². The summed E-state index contributed by atoms with van der Waals surface area (Å²) in [6.07, 6.45) is 1.18. The minimum Gasteiger partial charge on any atom is -0.505 e. The monoisotopic (exact) mass is 195 g/mol. The highest BCUT2D eigenvalue weighted by molar-refractivity contribution is 5.33. The Morgan fingerprint density at radius 2 is 2.29 bits per heavy atom. The van der Waals surface area contributed by atoms with E-state index in [-0.39, 0.29) is 5.75 Å². The summed E-state index contributed by atoms with van der Waals surface area (Å²) in [7, 11) is 0. The van der Waals surface area contributed by atoms with Crippen LogP contribution < -0.4 is 5.32 Å². The number of hydrogen-bond acceptors (Lipinski definition) is 2. The van der Waals surface area contributed by atoms with Gasteiger partial charge in [0.2, 0.25) is 0 Å². The van der Waals surface area contributed by atoms with Gasteiger partial charge in [-0.15, -0.1) is 0 Å². The number of aromatic hydroxyl groups is 1. The molecule has 0 bridgehead atoms. The van der Waals surface area contributed by atoms with E-state index in [0.29, 0.717) is 24.1 Å². The molecule has 0 amide bonds. The van der Waals surface area contributed by atoms with Gasteiger partial charge in [0.05, 0.1) is 0 Å². The first-order valence-corrected chi connectivity index (χ1v) is 4.88. The Hall–Kier alpha value is -1.09. The molecule has 1 aromatic carbocycles. The van der Waals surface area contributed by atoms with Gasteiger partial charge in [-0.1, -0.05) is 19.1 Å². The molecule has 2 unspecified atom stereocenters. The fourth-order valence-corrected chi connectivity index (χ4v) is 1.55. The molecule has 0 heterocycles. The van der Waals surface area contributed by atoms with E-state index in [9.17, 15) is 9.50 Å². The topological polar surface area (TPSA) is 32.3 Å². The van der Waals surface area contributed by atoms with Gasteiger partial charge < -0.3 is 10.4 Å². The molecule has 1 aliphatic rings. The zero-order valence-electron chi connectivity index (χ0n) is 8.13. The van der Waals surface area contributed by atoms with Gasteiger partial charge in [0.1, 0.15) is 0 Å². The molecule has 2 nitrogen and oxygen atoms in total. The summed E-state index contributed by atoms with van der Waals surface area (Å²) in [5.41, 5.74) is 0.629. The second-order valence-electron chi connectivity index (χ2n) is 3.95. The lowest BCUT2D eigenvalue weighted by Crippen LogP contribution is -2.17. The molecule has 0 radical (unpaired) electrons. The first kappa shape index (κ1) is 9.46. The fourth-order valence-electron chi connectivity index (χ4n) is 1.55.